The molecule has 0 spiro atoms. The Morgan fingerprint density at radius 1 is 0.979 bits per heavy atom. The summed E-state index contributed by atoms with van der Waals surface area (Å²) >= 11 is 0. The highest BCUT2D eigenvalue weighted by Crippen LogP contribution is 2.67. The Hall–Kier alpha value is -2.56. The molecule has 262 valence electrons. The van der Waals surface area contributed by atoms with Gasteiger partial charge < -0.3 is 13.9 Å². The normalized spacial score (nSPS) is 33.3. The summed E-state index contributed by atoms with van der Waals surface area (Å²) < 4.78 is 17.8. The lowest BCUT2D eigenvalue weighted by molar-refractivity contribution is -0.153. The second-order valence-corrected chi connectivity index (χ2v) is 17.6. The first-order valence-electron chi connectivity index (χ1n) is 19.6. The lowest BCUT2D eigenvalue weighted by Crippen LogP contribution is -2.51. The minimum absolute atomic E-state index is 0.0874. The number of aryl methyl sites for hydroxylation is 2. The van der Waals surface area contributed by atoms with Crippen LogP contribution in [0.1, 0.15) is 135 Å². The van der Waals surface area contributed by atoms with Crippen molar-refractivity contribution < 1.29 is 18.7 Å². The molecule has 5 aliphatic carbocycles. The molecule has 0 saturated heterocycles. The van der Waals surface area contributed by atoms with Crippen molar-refractivity contribution in [2.45, 2.75) is 144 Å². The molecule has 1 aromatic heterocycles. The Morgan fingerprint density at radius 3 is 2.56 bits per heavy atom. The highest BCUT2D eigenvalue weighted by molar-refractivity contribution is 5.86. The average Bonchev–Trinajstić information content (AvgIpc) is 3.42. The number of hydrogen-bond donors (Lipinski definition) is 0. The Morgan fingerprint density at radius 2 is 1.77 bits per heavy atom. The molecule has 5 nitrogen and oxygen atoms in total. The van der Waals surface area contributed by atoms with Gasteiger partial charge in [0.25, 0.3) is 0 Å². The van der Waals surface area contributed by atoms with Gasteiger partial charge in [0, 0.05) is 22.9 Å². The maximum Gasteiger partial charge on any atom is 0.344 e. The molecular formula is C43H60O5. The van der Waals surface area contributed by atoms with Crippen molar-refractivity contribution in [3.63, 3.8) is 0 Å². The first kappa shape index (κ1) is 33.9. The third kappa shape index (κ3) is 5.97. The van der Waals surface area contributed by atoms with E-state index in [0.717, 1.165) is 103 Å². The number of ether oxygens (including phenoxy) is 2. The summed E-state index contributed by atoms with van der Waals surface area (Å²) in [6, 6.07) is 3.89. The van der Waals surface area contributed by atoms with Crippen LogP contribution in [0.15, 0.2) is 33.0 Å². The largest absolute Gasteiger partial charge is 0.481 e. The fraction of sp³-hybridized carbons (Fsp3) is 0.721. The number of benzene rings is 1. The third-order valence-electron chi connectivity index (χ3n) is 14.5. The van der Waals surface area contributed by atoms with E-state index in [2.05, 4.69) is 40.7 Å². The molecule has 48 heavy (non-hydrogen) atoms. The zero-order chi connectivity index (χ0) is 33.8. The van der Waals surface area contributed by atoms with Gasteiger partial charge in [0.2, 0.25) is 0 Å². The number of allylic oxidation sites excluding steroid dienone is 1. The summed E-state index contributed by atoms with van der Waals surface area (Å²) in [5.41, 5.74) is 5.32. The van der Waals surface area contributed by atoms with Crippen LogP contribution in [-0.2, 0) is 22.4 Å². The van der Waals surface area contributed by atoms with Crippen LogP contribution < -0.4 is 10.4 Å². The van der Waals surface area contributed by atoms with E-state index in [1.807, 2.05) is 19.1 Å². The molecule has 3 saturated carbocycles. The summed E-state index contributed by atoms with van der Waals surface area (Å²) in [4.78, 5) is 25.8. The predicted molar refractivity (Wildman–Crippen MR) is 192 cm³/mol. The summed E-state index contributed by atoms with van der Waals surface area (Å²) in [7, 11) is 0. The minimum atomic E-state index is -0.322. The maximum absolute atomic E-state index is 13.1. The van der Waals surface area contributed by atoms with E-state index in [1.54, 1.807) is 0 Å². The average molecular weight is 657 g/mol. The topological polar surface area (TPSA) is 65.7 Å². The zero-order valence-electron chi connectivity index (χ0n) is 30.6. The molecule has 0 N–H and O–H groups in total. The molecule has 2 aromatic rings. The summed E-state index contributed by atoms with van der Waals surface area (Å²) in [6.45, 7) is 14.3. The zero-order valence-corrected chi connectivity index (χ0v) is 30.6. The van der Waals surface area contributed by atoms with Crippen molar-refractivity contribution in [1.29, 1.82) is 0 Å². The molecule has 8 atom stereocenters. The first-order valence-corrected chi connectivity index (χ1v) is 19.6. The monoisotopic (exact) mass is 656 g/mol. The van der Waals surface area contributed by atoms with Crippen molar-refractivity contribution in [2.75, 3.05) is 6.61 Å². The van der Waals surface area contributed by atoms with Gasteiger partial charge in [-0.3, -0.25) is 0 Å². The van der Waals surface area contributed by atoms with Crippen molar-refractivity contribution in [3.8, 4) is 5.75 Å². The molecule has 5 heteroatoms. The lowest BCUT2D eigenvalue weighted by atomic mass is 9.47. The van der Waals surface area contributed by atoms with Gasteiger partial charge in [0.05, 0.1) is 0 Å². The maximum atomic E-state index is 13.1. The smallest absolute Gasteiger partial charge is 0.344 e. The van der Waals surface area contributed by atoms with E-state index in [9.17, 15) is 9.59 Å². The number of esters is 1. The van der Waals surface area contributed by atoms with E-state index in [0.29, 0.717) is 16.7 Å². The Balaban J connectivity index is 0.967. The lowest BCUT2D eigenvalue weighted by Gasteiger charge is -2.58. The molecule has 3 fully saturated rings. The standard InChI is InChI=1S/C43H60O5/c1-26(2)10-9-11-27(3)35-17-18-36-34-15-14-29-24-30(20-22-42(29,5)37(34)21-23-43(35,36)6)47-39(44)25-46-38-19-16-32-31-12-7-8-13-33(31)41(45)48-40(32)28(38)4/h14,16,19,26-27,30,34-37H,7-13,15,17-18,20-25H2,1-6H3/t27-,30+,34+,35-,36-,37+,42+,43-/m1/s1. The van der Waals surface area contributed by atoms with Crippen LogP contribution in [0.25, 0.3) is 11.0 Å². The molecule has 0 bridgehead atoms. The second-order valence-electron chi connectivity index (χ2n) is 17.6. The molecule has 1 heterocycles. The van der Waals surface area contributed by atoms with Crippen molar-refractivity contribution in [1.82, 2.24) is 0 Å². The number of carbonyl (C=O) groups is 1. The molecule has 5 aliphatic rings. The molecular weight excluding hydrogens is 596 g/mol. The highest BCUT2D eigenvalue weighted by atomic mass is 16.6. The summed E-state index contributed by atoms with van der Waals surface area (Å²) in [5, 5.41) is 0.993. The molecule has 1 aromatic carbocycles. The van der Waals surface area contributed by atoms with E-state index in [-0.39, 0.29) is 29.7 Å². The molecule has 0 radical (unpaired) electrons. The van der Waals surface area contributed by atoms with Crippen molar-refractivity contribution >= 4 is 16.9 Å². The fourth-order valence-corrected chi connectivity index (χ4v) is 11.9. The van der Waals surface area contributed by atoms with E-state index < -0.39 is 0 Å². The Bertz CT molecular complexity index is 1610. The Kier molecular flexibility index (Phi) is 9.39. The van der Waals surface area contributed by atoms with Crippen LogP contribution in [0.5, 0.6) is 5.75 Å². The Labute approximate surface area is 288 Å². The van der Waals surface area contributed by atoms with Crippen LogP contribution >= 0.6 is 0 Å². The van der Waals surface area contributed by atoms with Crippen LogP contribution in [0.3, 0.4) is 0 Å². The van der Waals surface area contributed by atoms with Gasteiger partial charge in [-0.05, 0) is 142 Å². The summed E-state index contributed by atoms with van der Waals surface area (Å²) in [6.07, 6.45) is 20.1. The van der Waals surface area contributed by atoms with Gasteiger partial charge in [-0.2, -0.15) is 0 Å². The molecule has 7 rings (SSSR count). The van der Waals surface area contributed by atoms with E-state index in [4.69, 9.17) is 13.9 Å². The van der Waals surface area contributed by atoms with Gasteiger partial charge in [-0.1, -0.05) is 65.5 Å². The number of carbonyl (C=O) groups excluding carboxylic acids is 1. The number of hydrogen-bond acceptors (Lipinski definition) is 5. The van der Waals surface area contributed by atoms with Gasteiger partial charge in [0.1, 0.15) is 17.4 Å². The predicted octanol–water partition coefficient (Wildman–Crippen LogP) is 10.3. The van der Waals surface area contributed by atoms with E-state index in [1.165, 1.54) is 56.9 Å². The van der Waals surface area contributed by atoms with Crippen LogP contribution in [-0.4, -0.2) is 18.7 Å². The van der Waals surface area contributed by atoms with Gasteiger partial charge >= 0.3 is 11.6 Å². The van der Waals surface area contributed by atoms with Gasteiger partial charge in [0.15, 0.2) is 6.61 Å². The molecule has 0 aliphatic heterocycles. The van der Waals surface area contributed by atoms with Crippen LogP contribution in [0.4, 0.5) is 0 Å². The SMILES string of the molecule is Cc1c(OCC(=O)O[C@H]2CC[C@@]3(C)C(=CC[C@H]4[C@H]5CC[C@H]([C@H](C)CCCC(C)C)[C@@]5(C)CC[C@@H]43)C2)ccc2c3c(c(=O)oc12)CCCC3. The van der Waals surface area contributed by atoms with Crippen molar-refractivity contribution in [2.24, 2.45) is 46.3 Å². The third-order valence-corrected chi connectivity index (χ3v) is 14.5. The summed E-state index contributed by atoms with van der Waals surface area (Å²) in [5.74, 6) is 5.20. The number of rotatable bonds is 9. The second kappa shape index (κ2) is 13.3. The number of fused-ring (bicyclic) bond motifs is 8. The fourth-order valence-electron chi connectivity index (χ4n) is 11.9. The highest BCUT2D eigenvalue weighted by Gasteiger charge is 2.59. The first-order chi connectivity index (χ1) is 23.0. The van der Waals surface area contributed by atoms with Gasteiger partial charge in [-0.15, -0.1) is 0 Å². The molecule has 0 unspecified atom stereocenters. The van der Waals surface area contributed by atoms with Crippen LogP contribution in [0, 0.1) is 53.3 Å². The van der Waals surface area contributed by atoms with Gasteiger partial charge in [-0.25, -0.2) is 9.59 Å². The van der Waals surface area contributed by atoms with Crippen LogP contribution in [0.2, 0.25) is 0 Å². The van der Waals surface area contributed by atoms with Crippen molar-refractivity contribution in [3.05, 3.63) is 50.9 Å². The van der Waals surface area contributed by atoms with E-state index >= 15 is 0 Å². The quantitative estimate of drug-likeness (QED) is 0.153. The minimum Gasteiger partial charge on any atom is -0.481 e. The molecule has 0 amide bonds.